The molecule has 0 aromatic carbocycles. The molecule has 2 aromatic heterocycles. The second-order valence-electron chi connectivity index (χ2n) is 5.99. The molecule has 1 fully saturated rings. The standard InChI is InChI=1S/C15H22N6O.ClH/c1-9-14(10(2)20(3)19-9)12-7-13(18-17-12)15(22)21-6-4-5-11(16)8-21;/h7,11H,4-6,8,16H2,1-3H3,(H,17,18);1H. The molecule has 0 spiro atoms. The molecule has 0 bridgehead atoms. The molecule has 1 unspecified atom stereocenters. The van der Waals surface area contributed by atoms with Crippen molar-refractivity contribution in [2.45, 2.75) is 32.7 Å². The normalized spacial score (nSPS) is 17.9. The van der Waals surface area contributed by atoms with Crippen molar-refractivity contribution in [3.05, 3.63) is 23.1 Å². The maximum Gasteiger partial charge on any atom is 0.271 e. The van der Waals surface area contributed by atoms with Crippen molar-refractivity contribution in [3.63, 3.8) is 0 Å². The zero-order valence-electron chi connectivity index (χ0n) is 13.7. The Morgan fingerprint density at radius 1 is 1.43 bits per heavy atom. The number of likely N-dealkylation sites (tertiary alicyclic amines) is 1. The quantitative estimate of drug-likeness (QED) is 0.865. The number of halogens is 1. The molecule has 1 aliphatic heterocycles. The summed E-state index contributed by atoms with van der Waals surface area (Å²) < 4.78 is 1.82. The Morgan fingerprint density at radius 2 is 2.17 bits per heavy atom. The van der Waals surface area contributed by atoms with E-state index in [4.69, 9.17) is 5.73 Å². The fourth-order valence-corrected chi connectivity index (χ4v) is 3.07. The van der Waals surface area contributed by atoms with E-state index in [9.17, 15) is 4.79 Å². The van der Waals surface area contributed by atoms with Crippen LogP contribution >= 0.6 is 12.4 Å². The predicted molar refractivity (Wildman–Crippen MR) is 90.6 cm³/mol. The molecular weight excluding hydrogens is 316 g/mol. The minimum absolute atomic E-state index is 0. The lowest BCUT2D eigenvalue weighted by molar-refractivity contribution is 0.0703. The minimum Gasteiger partial charge on any atom is -0.336 e. The topological polar surface area (TPSA) is 92.8 Å². The van der Waals surface area contributed by atoms with E-state index in [1.54, 1.807) is 11.0 Å². The van der Waals surface area contributed by atoms with Crippen LogP contribution < -0.4 is 5.73 Å². The average molecular weight is 339 g/mol. The average Bonchev–Trinajstić information content (AvgIpc) is 3.04. The number of aryl methyl sites for hydroxylation is 2. The molecule has 8 heteroatoms. The van der Waals surface area contributed by atoms with Gasteiger partial charge < -0.3 is 10.6 Å². The number of piperidine rings is 1. The first kappa shape index (κ1) is 17.5. The lowest BCUT2D eigenvalue weighted by Gasteiger charge is -2.30. The maximum atomic E-state index is 12.5. The molecule has 3 rings (SSSR count). The van der Waals surface area contributed by atoms with Crippen LogP contribution in [0.1, 0.15) is 34.7 Å². The van der Waals surface area contributed by atoms with Gasteiger partial charge in [0.25, 0.3) is 5.91 Å². The fourth-order valence-electron chi connectivity index (χ4n) is 3.07. The third kappa shape index (κ3) is 3.25. The van der Waals surface area contributed by atoms with E-state index >= 15 is 0 Å². The molecule has 3 N–H and O–H groups in total. The predicted octanol–water partition coefficient (Wildman–Crippen LogP) is 1.41. The van der Waals surface area contributed by atoms with E-state index in [0.29, 0.717) is 12.2 Å². The van der Waals surface area contributed by atoms with Crippen molar-refractivity contribution < 1.29 is 4.79 Å². The zero-order chi connectivity index (χ0) is 15.9. The van der Waals surface area contributed by atoms with Gasteiger partial charge in [0, 0.05) is 37.4 Å². The summed E-state index contributed by atoms with van der Waals surface area (Å²) in [6.07, 6.45) is 1.93. The van der Waals surface area contributed by atoms with Crippen LogP contribution in [-0.4, -0.2) is 49.9 Å². The van der Waals surface area contributed by atoms with Crippen LogP contribution in [0.4, 0.5) is 0 Å². The van der Waals surface area contributed by atoms with Crippen LogP contribution in [-0.2, 0) is 7.05 Å². The van der Waals surface area contributed by atoms with Crippen LogP contribution in [0.15, 0.2) is 6.07 Å². The van der Waals surface area contributed by atoms with E-state index in [1.165, 1.54) is 0 Å². The Labute approximate surface area is 141 Å². The van der Waals surface area contributed by atoms with Crippen molar-refractivity contribution in [2.24, 2.45) is 12.8 Å². The second kappa shape index (κ2) is 6.72. The molecule has 7 nitrogen and oxygen atoms in total. The molecule has 1 aliphatic rings. The minimum atomic E-state index is -0.0342. The van der Waals surface area contributed by atoms with Gasteiger partial charge in [-0.05, 0) is 32.8 Å². The molecule has 0 radical (unpaired) electrons. The van der Waals surface area contributed by atoms with Gasteiger partial charge in [-0.15, -0.1) is 12.4 Å². The highest BCUT2D eigenvalue weighted by Gasteiger charge is 2.24. The number of nitrogens with two attached hydrogens (primary N) is 1. The van der Waals surface area contributed by atoms with Gasteiger partial charge in [-0.1, -0.05) is 0 Å². The third-order valence-corrected chi connectivity index (χ3v) is 4.32. The molecule has 1 atom stereocenters. The maximum absolute atomic E-state index is 12.5. The molecule has 0 saturated carbocycles. The monoisotopic (exact) mass is 338 g/mol. The Morgan fingerprint density at radius 3 is 2.78 bits per heavy atom. The number of H-pyrrole nitrogens is 1. The number of hydrogen-bond donors (Lipinski definition) is 2. The van der Waals surface area contributed by atoms with Crippen molar-refractivity contribution >= 4 is 18.3 Å². The number of carbonyl (C=O) groups is 1. The van der Waals surface area contributed by atoms with E-state index in [0.717, 1.165) is 42.0 Å². The van der Waals surface area contributed by atoms with E-state index < -0.39 is 0 Å². The number of amides is 1. The number of nitrogens with one attached hydrogen (secondary N) is 1. The first-order valence-electron chi connectivity index (χ1n) is 7.58. The number of rotatable bonds is 2. The summed E-state index contributed by atoms with van der Waals surface area (Å²) in [5, 5.41) is 11.6. The van der Waals surface area contributed by atoms with Gasteiger partial charge in [0.15, 0.2) is 0 Å². The number of hydrogen-bond acceptors (Lipinski definition) is 4. The first-order valence-corrected chi connectivity index (χ1v) is 7.58. The van der Waals surface area contributed by atoms with Crippen molar-refractivity contribution in [1.29, 1.82) is 0 Å². The summed E-state index contributed by atoms with van der Waals surface area (Å²) in [5.74, 6) is -0.0342. The van der Waals surface area contributed by atoms with Crippen molar-refractivity contribution in [1.82, 2.24) is 24.9 Å². The summed E-state index contributed by atoms with van der Waals surface area (Å²) in [5.41, 5.74) is 10.1. The number of aromatic nitrogens is 4. The van der Waals surface area contributed by atoms with Gasteiger partial charge in [-0.2, -0.15) is 10.2 Å². The van der Waals surface area contributed by atoms with E-state index in [-0.39, 0.29) is 24.4 Å². The third-order valence-electron chi connectivity index (χ3n) is 4.32. The molecule has 126 valence electrons. The Balaban J connectivity index is 0.00000192. The summed E-state index contributed by atoms with van der Waals surface area (Å²) >= 11 is 0. The number of nitrogens with zero attached hydrogens (tertiary/aromatic N) is 4. The molecule has 2 aromatic rings. The highest BCUT2D eigenvalue weighted by molar-refractivity contribution is 5.93. The van der Waals surface area contributed by atoms with Gasteiger partial charge >= 0.3 is 0 Å². The van der Waals surface area contributed by atoms with Gasteiger partial charge in [-0.25, -0.2) is 0 Å². The number of carbonyl (C=O) groups excluding carboxylic acids is 1. The fraction of sp³-hybridized carbons (Fsp3) is 0.533. The highest BCUT2D eigenvalue weighted by Crippen LogP contribution is 2.25. The molecule has 1 amide bonds. The number of aromatic amines is 1. The lowest BCUT2D eigenvalue weighted by atomic mass is 10.1. The molecule has 3 heterocycles. The van der Waals surface area contributed by atoms with Gasteiger partial charge in [-0.3, -0.25) is 14.6 Å². The Kier molecular flexibility index (Phi) is 5.11. The van der Waals surface area contributed by atoms with Gasteiger partial charge in [0.05, 0.1) is 11.4 Å². The molecule has 1 saturated heterocycles. The van der Waals surface area contributed by atoms with Crippen molar-refractivity contribution in [2.75, 3.05) is 13.1 Å². The molecule has 0 aliphatic carbocycles. The van der Waals surface area contributed by atoms with Gasteiger partial charge in [0.1, 0.15) is 5.69 Å². The largest absolute Gasteiger partial charge is 0.336 e. The van der Waals surface area contributed by atoms with Crippen LogP contribution in [0.5, 0.6) is 0 Å². The van der Waals surface area contributed by atoms with Crippen LogP contribution in [0.3, 0.4) is 0 Å². The van der Waals surface area contributed by atoms with Crippen LogP contribution in [0.2, 0.25) is 0 Å². The van der Waals surface area contributed by atoms with E-state index in [2.05, 4.69) is 15.3 Å². The van der Waals surface area contributed by atoms with Crippen molar-refractivity contribution in [3.8, 4) is 11.3 Å². The summed E-state index contributed by atoms with van der Waals surface area (Å²) in [6, 6.07) is 1.88. The SMILES string of the molecule is Cc1nn(C)c(C)c1-c1cc(C(=O)N2CCCC(N)C2)[nH]n1.Cl. The van der Waals surface area contributed by atoms with E-state index in [1.807, 2.05) is 25.6 Å². The molecular formula is C15H23ClN6O. The second-order valence-corrected chi connectivity index (χ2v) is 5.99. The van der Waals surface area contributed by atoms with Crippen LogP contribution in [0, 0.1) is 13.8 Å². The summed E-state index contributed by atoms with van der Waals surface area (Å²) in [6.45, 7) is 5.31. The lowest BCUT2D eigenvalue weighted by Crippen LogP contribution is -2.45. The summed E-state index contributed by atoms with van der Waals surface area (Å²) in [7, 11) is 1.90. The Bertz CT molecular complexity index is 707. The Hall–Kier alpha value is -1.86. The van der Waals surface area contributed by atoms with Crippen LogP contribution in [0.25, 0.3) is 11.3 Å². The highest BCUT2D eigenvalue weighted by atomic mass is 35.5. The summed E-state index contributed by atoms with van der Waals surface area (Å²) in [4.78, 5) is 14.3. The van der Waals surface area contributed by atoms with Gasteiger partial charge in [0.2, 0.25) is 0 Å². The molecule has 23 heavy (non-hydrogen) atoms. The smallest absolute Gasteiger partial charge is 0.271 e. The zero-order valence-corrected chi connectivity index (χ0v) is 14.5. The first-order chi connectivity index (χ1) is 10.5.